The van der Waals surface area contributed by atoms with E-state index in [-0.39, 0.29) is 11.7 Å². The van der Waals surface area contributed by atoms with E-state index in [2.05, 4.69) is 6.58 Å². The Balaban J connectivity index is 1.63. The topological polar surface area (TPSA) is 124 Å². The van der Waals surface area contributed by atoms with Gasteiger partial charge in [-0.2, -0.15) is 0 Å². The second-order valence-electron chi connectivity index (χ2n) is 9.47. The summed E-state index contributed by atoms with van der Waals surface area (Å²) in [6, 6.07) is 0. The third kappa shape index (κ3) is 2.63. The number of carbonyl (C=O) groups is 3. The van der Waals surface area contributed by atoms with Gasteiger partial charge >= 0.3 is 17.9 Å². The molecule has 0 amide bonds. The van der Waals surface area contributed by atoms with Crippen LogP contribution in [0.2, 0.25) is 0 Å². The molecule has 1 saturated carbocycles. The molecule has 5 aliphatic rings. The molecule has 0 aromatic heterocycles. The molecule has 9 heteroatoms. The third-order valence-electron chi connectivity index (χ3n) is 7.65. The molecule has 2 aliphatic carbocycles. The molecular weight excluding hydrogens is 408 g/mol. The van der Waals surface area contributed by atoms with Crippen molar-refractivity contribution in [1.82, 2.24) is 0 Å². The van der Waals surface area contributed by atoms with Crippen molar-refractivity contribution in [3.05, 3.63) is 23.3 Å². The highest BCUT2D eigenvalue weighted by Crippen LogP contribution is 2.62. The van der Waals surface area contributed by atoms with Crippen LogP contribution in [-0.2, 0) is 38.1 Å². The number of aliphatic hydroxyl groups is 1. The summed E-state index contributed by atoms with van der Waals surface area (Å²) < 4.78 is 28.4. The molecule has 10 unspecified atom stereocenters. The average Bonchev–Trinajstić information content (AvgIpc) is 3.49. The molecule has 10 atom stereocenters. The zero-order chi connectivity index (χ0) is 22.6. The Labute approximate surface area is 179 Å². The number of carbonyl (C=O) groups excluding carboxylic acids is 3. The van der Waals surface area contributed by atoms with Crippen molar-refractivity contribution in [3.63, 3.8) is 0 Å². The van der Waals surface area contributed by atoms with E-state index in [1.807, 2.05) is 6.92 Å². The largest absolute Gasteiger partial charge is 0.457 e. The molecule has 0 aromatic carbocycles. The monoisotopic (exact) mass is 434 g/mol. The number of esters is 3. The maximum Gasteiger partial charge on any atom is 0.341 e. The van der Waals surface area contributed by atoms with Crippen molar-refractivity contribution in [1.29, 1.82) is 0 Å². The van der Waals surface area contributed by atoms with Gasteiger partial charge in [0.05, 0.1) is 17.9 Å². The summed E-state index contributed by atoms with van der Waals surface area (Å²) in [6.45, 7) is 12.1. The number of aliphatic hydroxyl groups excluding tert-OH is 1. The van der Waals surface area contributed by atoms with E-state index in [9.17, 15) is 19.5 Å². The third-order valence-corrected chi connectivity index (χ3v) is 7.65. The molecule has 4 fully saturated rings. The zero-order valence-electron chi connectivity index (χ0n) is 18.0. The van der Waals surface area contributed by atoms with Crippen molar-refractivity contribution in [2.45, 2.75) is 82.4 Å². The molecule has 5 rings (SSSR count). The molecular formula is C22H26O9. The van der Waals surface area contributed by atoms with E-state index in [4.69, 9.17) is 23.7 Å². The molecule has 9 nitrogen and oxygen atoms in total. The normalized spacial score (nSPS) is 49.5. The van der Waals surface area contributed by atoms with E-state index in [0.29, 0.717) is 11.1 Å². The zero-order valence-corrected chi connectivity index (χ0v) is 18.0. The van der Waals surface area contributed by atoms with Gasteiger partial charge in [0.1, 0.15) is 23.9 Å². The van der Waals surface area contributed by atoms with E-state index >= 15 is 0 Å². The standard InChI is InChI=1S/C22H26O9/c1-7-11-13(22(6)18(31-22)14(11)24)16-12(8(2)19(25)28-16)17(15(7)27-10(4)23)29-20(26)21(5)9(3)30-21/h9,12-18,24H,2H2,1,3-6H3. The maximum atomic E-state index is 12.9. The van der Waals surface area contributed by atoms with E-state index in [1.54, 1.807) is 20.8 Å². The lowest BCUT2D eigenvalue weighted by Gasteiger charge is -2.32. The summed E-state index contributed by atoms with van der Waals surface area (Å²) in [4.78, 5) is 37.5. The molecule has 0 spiro atoms. The molecule has 31 heavy (non-hydrogen) atoms. The number of fused-ring (bicyclic) bond motifs is 5. The Kier molecular flexibility index (Phi) is 4.12. The molecule has 0 aromatic rings. The van der Waals surface area contributed by atoms with E-state index in [0.717, 1.165) is 0 Å². The van der Waals surface area contributed by atoms with E-state index < -0.39 is 71.5 Å². The molecule has 0 bridgehead atoms. The lowest BCUT2D eigenvalue weighted by atomic mass is 9.79. The van der Waals surface area contributed by atoms with Crippen molar-refractivity contribution in [2.24, 2.45) is 11.8 Å². The summed E-state index contributed by atoms with van der Waals surface area (Å²) >= 11 is 0. The first kappa shape index (κ1) is 20.7. The smallest absolute Gasteiger partial charge is 0.341 e. The van der Waals surface area contributed by atoms with Gasteiger partial charge in [0.2, 0.25) is 0 Å². The van der Waals surface area contributed by atoms with Crippen LogP contribution < -0.4 is 0 Å². The first-order valence-corrected chi connectivity index (χ1v) is 10.4. The van der Waals surface area contributed by atoms with Crippen LogP contribution in [0, 0.1) is 11.8 Å². The fraction of sp³-hybridized carbons (Fsp3) is 0.682. The van der Waals surface area contributed by atoms with Crippen LogP contribution in [0.25, 0.3) is 0 Å². The number of hydrogen-bond acceptors (Lipinski definition) is 9. The lowest BCUT2D eigenvalue weighted by Crippen LogP contribution is -2.47. The Hall–Kier alpha value is -2.23. The Morgan fingerprint density at radius 1 is 1.19 bits per heavy atom. The quantitative estimate of drug-likeness (QED) is 0.223. The maximum absolute atomic E-state index is 12.9. The van der Waals surface area contributed by atoms with Gasteiger partial charge in [0.15, 0.2) is 17.8 Å². The summed E-state index contributed by atoms with van der Waals surface area (Å²) in [5.41, 5.74) is -0.547. The summed E-state index contributed by atoms with van der Waals surface area (Å²) in [6.07, 6.45) is -4.57. The number of hydrogen-bond donors (Lipinski definition) is 1. The van der Waals surface area contributed by atoms with Crippen molar-refractivity contribution in [2.75, 3.05) is 0 Å². The first-order chi connectivity index (χ1) is 14.4. The first-order valence-electron chi connectivity index (χ1n) is 10.4. The SMILES string of the molecule is C=C1C(=O)OC2C1C(OC(=O)C1(C)OC1C)C(OC(C)=O)C(C)=C1C(O)C3OC3(C)C12. The second kappa shape index (κ2) is 6.17. The van der Waals surface area contributed by atoms with Crippen LogP contribution in [0.5, 0.6) is 0 Å². The van der Waals surface area contributed by atoms with Gasteiger partial charge in [-0.15, -0.1) is 0 Å². The molecule has 1 N–H and O–H groups in total. The highest BCUT2D eigenvalue weighted by Gasteiger charge is 2.75. The molecule has 0 radical (unpaired) electrons. The molecule has 3 heterocycles. The minimum Gasteiger partial charge on any atom is -0.457 e. The van der Waals surface area contributed by atoms with Crippen LogP contribution in [0.4, 0.5) is 0 Å². The van der Waals surface area contributed by atoms with Crippen molar-refractivity contribution in [3.8, 4) is 0 Å². The summed E-state index contributed by atoms with van der Waals surface area (Å²) in [7, 11) is 0. The van der Waals surface area contributed by atoms with Crippen molar-refractivity contribution < 1.29 is 43.2 Å². The van der Waals surface area contributed by atoms with Crippen molar-refractivity contribution >= 4 is 17.9 Å². The van der Waals surface area contributed by atoms with Gasteiger partial charge < -0.3 is 28.8 Å². The lowest BCUT2D eigenvalue weighted by molar-refractivity contribution is -0.173. The summed E-state index contributed by atoms with van der Waals surface area (Å²) in [5.74, 6) is -3.07. The second-order valence-corrected chi connectivity index (χ2v) is 9.47. The Morgan fingerprint density at radius 2 is 1.84 bits per heavy atom. The molecule has 3 aliphatic heterocycles. The van der Waals surface area contributed by atoms with Crippen LogP contribution in [0.15, 0.2) is 23.3 Å². The fourth-order valence-electron chi connectivity index (χ4n) is 5.63. The summed E-state index contributed by atoms with van der Waals surface area (Å²) in [5, 5.41) is 10.9. The minimum absolute atomic E-state index is 0.131. The van der Waals surface area contributed by atoms with Gasteiger partial charge in [0, 0.05) is 12.5 Å². The highest BCUT2D eigenvalue weighted by molar-refractivity contribution is 5.91. The van der Waals surface area contributed by atoms with Gasteiger partial charge in [-0.1, -0.05) is 6.58 Å². The average molecular weight is 434 g/mol. The predicted molar refractivity (Wildman–Crippen MR) is 102 cm³/mol. The van der Waals surface area contributed by atoms with Gasteiger partial charge in [-0.05, 0) is 38.8 Å². The fourth-order valence-corrected chi connectivity index (χ4v) is 5.63. The highest BCUT2D eigenvalue weighted by atomic mass is 16.7. The number of rotatable bonds is 3. The Bertz CT molecular complexity index is 953. The van der Waals surface area contributed by atoms with E-state index in [1.165, 1.54) is 6.92 Å². The van der Waals surface area contributed by atoms with Gasteiger partial charge in [-0.3, -0.25) is 4.79 Å². The minimum atomic E-state index is -1.11. The van der Waals surface area contributed by atoms with Gasteiger partial charge in [-0.25, -0.2) is 9.59 Å². The van der Waals surface area contributed by atoms with Crippen LogP contribution >= 0.6 is 0 Å². The number of epoxide rings is 2. The molecule has 3 saturated heterocycles. The van der Waals surface area contributed by atoms with Gasteiger partial charge in [0.25, 0.3) is 0 Å². The predicted octanol–water partition coefficient (Wildman–Crippen LogP) is 0.583. The van der Waals surface area contributed by atoms with Crippen LogP contribution in [-0.4, -0.2) is 70.8 Å². The van der Waals surface area contributed by atoms with Crippen LogP contribution in [0.1, 0.15) is 34.6 Å². The molecule has 168 valence electrons. The number of ether oxygens (including phenoxy) is 5. The Morgan fingerprint density at radius 3 is 2.42 bits per heavy atom. The van der Waals surface area contributed by atoms with Crippen LogP contribution in [0.3, 0.4) is 0 Å².